The number of aromatic nitrogens is 2. The van der Waals surface area contributed by atoms with E-state index in [0.717, 1.165) is 31.2 Å². The molecule has 0 saturated heterocycles. The first-order valence-corrected chi connectivity index (χ1v) is 7.91. The predicted octanol–water partition coefficient (Wildman–Crippen LogP) is 2.84. The number of hydrogen-bond donors (Lipinski definition) is 1. The average molecular weight is 301 g/mol. The smallest absolute Gasteiger partial charge is 0.0820 e. The quantitative estimate of drug-likeness (QED) is 0.712. The van der Waals surface area contributed by atoms with Crippen molar-refractivity contribution in [2.75, 3.05) is 33.7 Å². The average Bonchev–Trinajstić information content (AvgIpc) is 2.76. The molecule has 5 heteroatoms. The van der Waals surface area contributed by atoms with Gasteiger partial charge in [0.1, 0.15) is 0 Å². The molecule has 1 N–H and O–H groups in total. The maximum absolute atomic E-state index is 6.34. The van der Waals surface area contributed by atoms with Crippen molar-refractivity contribution < 1.29 is 0 Å². The van der Waals surface area contributed by atoms with Crippen LogP contribution in [-0.2, 0) is 6.54 Å². The Bertz CT molecular complexity index is 389. The topological polar surface area (TPSA) is 33.1 Å². The predicted molar refractivity (Wildman–Crippen MR) is 86.5 cm³/mol. The second kappa shape index (κ2) is 8.65. The van der Waals surface area contributed by atoms with Gasteiger partial charge >= 0.3 is 0 Å². The van der Waals surface area contributed by atoms with Crippen LogP contribution in [0.2, 0.25) is 5.02 Å². The molecule has 1 aromatic rings. The van der Waals surface area contributed by atoms with Crippen LogP contribution in [0.3, 0.4) is 0 Å². The zero-order chi connectivity index (χ0) is 15.1. The number of nitrogens with zero attached hydrogens (tertiary/aromatic N) is 3. The molecular formula is C15H29ClN4. The van der Waals surface area contributed by atoms with Gasteiger partial charge in [-0.25, -0.2) is 0 Å². The van der Waals surface area contributed by atoms with Crippen LogP contribution >= 0.6 is 11.6 Å². The lowest BCUT2D eigenvalue weighted by Gasteiger charge is -2.22. The lowest BCUT2D eigenvalue weighted by Crippen LogP contribution is -2.27. The van der Waals surface area contributed by atoms with Crippen LogP contribution in [-0.4, -0.2) is 48.4 Å². The SMILES string of the molecule is CCCNCC(C)C(C)c1c(Cl)cnn1CCN(C)C. The molecule has 0 aliphatic heterocycles. The van der Waals surface area contributed by atoms with Gasteiger partial charge in [0.25, 0.3) is 0 Å². The number of hydrogen-bond acceptors (Lipinski definition) is 3. The number of rotatable bonds is 9. The van der Waals surface area contributed by atoms with Crippen LogP contribution in [0.15, 0.2) is 6.20 Å². The van der Waals surface area contributed by atoms with Gasteiger partial charge < -0.3 is 10.2 Å². The number of halogens is 1. The van der Waals surface area contributed by atoms with Crippen molar-refractivity contribution in [1.29, 1.82) is 0 Å². The molecule has 0 radical (unpaired) electrons. The highest BCUT2D eigenvalue weighted by molar-refractivity contribution is 6.31. The summed E-state index contributed by atoms with van der Waals surface area (Å²) in [5, 5.41) is 8.70. The van der Waals surface area contributed by atoms with E-state index in [-0.39, 0.29) is 0 Å². The van der Waals surface area contributed by atoms with Crippen LogP contribution in [0.5, 0.6) is 0 Å². The molecule has 4 nitrogen and oxygen atoms in total. The van der Waals surface area contributed by atoms with Crippen LogP contribution in [0, 0.1) is 5.92 Å². The van der Waals surface area contributed by atoms with Crippen molar-refractivity contribution in [1.82, 2.24) is 20.0 Å². The van der Waals surface area contributed by atoms with Crippen molar-refractivity contribution in [2.45, 2.75) is 39.7 Å². The highest BCUT2D eigenvalue weighted by Gasteiger charge is 2.21. The zero-order valence-corrected chi connectivity index (χ0v) is 14.2. The summed E-state index contributed by atoms with van der Waals surface area (Å²) in [4.78, 5) is 2.16. The molecule has 1 heterocycles. The Hall–Kier alpha value is -0.580. The first kappa shape index (κ1) is 17.5. The third-order valence-corrected chi connectivity index (χ3v) is 4.06. The van der Waals surface area contributed by atoms with Crippen molar-refractivity contribution in [3.8, 4) is 0 Å². The molecule has 20 heavy (non-hydrogen) atoms. The third kappa shape index (κ3) is 5.08. The van der Waals surface area contributed by atoms with E-state index in [9.17, 15) is 0 Å². The van der Waals surface area contributed by atoms with E-state index in [0.29, 0.717) is 11.8 Å². The number of nitrogens with one attached hydrogen (secondary N) is 1. The minimum atomic E-state index is 0.400. The minimum Gasteiger partial charge on any atom is -0.316 e. The molecule has 1 aromatic heterocycles. The van der Waals surface area contributed by atoms with E-state index in [1.807, 2.05) is 0 Å². The van der Waals surface area contributed by atoms with Crippen molar-refractivity contribution in [2.24, 2.45) is 5.92 Å². The third-order valence-electron chi connectivity index (χ3n) is 3.77. The molecule has 0 aliphatic carbocycles. The molecular weight excluding hydrogens is 272 g/mol. The molecule has 0 aliphatic rings. The molecule has 0 amide bonds. The van der Waals surface area contributed by atoms with Gasteiger partial charge in [-0.2, -0.15) is 5.10 Å². The van der Waals surface area contributed by atoms with Gasteiger partial charge in [-0.3, -0.25) is 4.68 Å². The van der Waals surface area contributed by atoms with E-state index < -0.39 is 0 Å². The highest BCUT2D eigenvalue weighted by atomic mass is 35.5. The van der Waals surface area contributed by atoms with E-state index in [4.69, 9.17) is 11.6 Å². The molecule has 0 fully saturated rings. The van der Waals surface area contributed by atoms with Crippen molar-refractivity contribution in [3.05, 3.63) is 16.9 Å². The summed E-state index contributed by atoms with van der Waals surface area (Å²) in [6.45, 7) is 10.7. The van der Waals surface area contributed by atoms with Gasteiger partial charge in [0.05, 0.1) is 23.5 Å². The number of likely N-dealkylation sites (N-methyl/N-ethyl adjacent to an activating group) is 1. The standard InChI is InChI=1S/C15H29ClN4/c1-6-7-17-10-12(2)13(3)15-14(16)11-18-20(15)9-8-19(4)5/h11-13,17H,6-10H2,1-5H3. The summed E-state index contributed by atoms with van der Waals surface area (Å²) in [5.41, 5.74) is 1.17. The second-order valence-corrected chi connectivity index (χ2v) is 6.28. The fourth-order valence-corrected chi connectivity index (χ4v) is 2.56. The zero-order valence-electron chi connectivity index (χ0n) is 13.5. The van der Waals surface area contributed by atoms with E-state index in [1.54, 1.807) is 6.20 Å². The first-order chi connectivity index (χ1) is 9.47. The van der Waals surface area contributed by atoms with E-state index in [2.05, 4.69) is 54.9 Å². The van der Waals surface area contributed by atoms with Gasteiger partial charge in [0.15, 0.2) is 0 Å². The van der Waals surface area contributed by atoms with Crippen LogP contribution in [0.25, 0.3) is 0 Å². The van der Waals surface area contributed by atoms with Crippen LogP contribution in [0.4, 0.5) is 0 Å². The molecule has 1 rings (SSSR count). The lowest BCUT2D eigenvalue weighted by atomic mass is 9.92. The molecule has 0 bridgehead atoms. The summed E-state index contributed by atoms with van der Waals surface area (Å²) in [5.74, 6) is 0.936. The molecule has 0 spiro atoms. The van der Waals surface area contributed by atoms with Gasteiger partial charge in [-0.1, -0.05) is 32.4 Å². The Labute approximate surface area is 128 Å². The van der Waals surface area contributed by atoms with Gasteiger partial charge in [0, 0.05) is 12.5 Å². The van der Waals surface area contributed by atoms with E-state index in [1.165, 1.54) is 12.1 Å². The molecule has 0 aromatic carbocycles. The fourth-order valence-electron chi connectivity index (χ4n) is 2.25. The van der Waals surface area contributed by atoms with Crippen molar-refractivity contribution >= 4 is 11.6 Å². The Morgan fingerprint density at radius 3 is 2.70 bits per heavy atom. The first-order valence-electron chi connectivity index (χ1n) is 7.54. The van der Waals surface area contributed by atoms with E-state index >= 15 is 0 Å². The molecule has 2 unspecified atom stereocenters. The Kier molecular flexibility index (Phi) is 7.56. The van der Waals surface area contributed by atoms with Crippen LogP contribution in [0.1, 0.15) is 38.8 Å². The lowest BCUT2D eigenvalue weighted by molar-refractivity contribution is 0.357. The largest absolute Gasteiger partial charge is 0.316 e. The minimum absolute atomic E-state index is 0.400. The maximum atomic E-state index is 6.34. The summed E-state index contributed by atoms with van der Waals surface area (Å²) in [6, 6.07) is 0. The Morgan fingerprint density at radius 2 is 2.10 bits per heavy atom. The molecule has 116 valence electrons. The van der Waals surface area contributed by atoms with Gasteiger partial charge in [-0.05, 0) is 39.5 Å². The second-order valence-electron chi connectivity index (χ2n) is 5.87. The fraction of sp³-hybridized carbons (Fsp3) is 0.800. The molecule has 0 saturated carbocycles. The summed E-state index contributed by atoms with van der Waals surface area (Å²) in [7, 11) is 4.15. The van der Waals surface area contributed by atoms with Crippen LogP contribution < -0.4 is 5.32 Å². The normalized spacial score (nSPS) is 14.8. The Morgan fingerprint density at radius 1 is 1.40 bits per heavy atom. The highest BCUT2D eigenvalue weighted by Crippen LogP contribution is 2.29. The monoisotopic (exact) mass is 300 g/mol. The molecule has 2 atom stereocenters. The van der Waals surface area contributed by atoms with Crippen molar-refractivity contribution in [3.63, 3.8) is 0 Å². The summed E-state index contributed by atoms with van der Waals surface area (Å²) < 4.78 is 2.06. The summed E-state index contributed by atoms with van der Waals surface area (Å²) in [6.07, 6.45) is 2.94. The van der Waals surface area contributed by atoms with Gasteiger partial charge in [0.2, 0.25) is 0 Å². The Balaban J connectivity index is 2.70. The van der Waals surface area contributed by atoms with Gasteiger partial charge in [-0.15, -0.1) is 0 Å². The summed E-state index contributed by atoms with van der Waals surface area (Å²) >= 11 is 6.34. The maximum Gasteiger partial charge on any atom is 0.0820 e.